The van der Waals surface area contributed by atoms with Crippen LogP contribution in [0.5, 0.6) is 11.8 Å². The van der Waals surface area contributed by atoms with E-state index in [1.165, 1.54) is 6.07 Å². The highest BCUT2D eigenvalue weighted by atomic mass is 35.5. The Morgan fingerprint density at radius 1 is 1.23 bits per heavy atom. The molecule has 3 fully saturated rings. The largest absolute Gasteiger partial charge is 0.489 e. The number of nitrogens with two attached hydrogens (primary N) is 1. The summed E-state index contributed by atoms with van der Waals surface area (Å²) in [5.74, 6) is -1.22. The second-order valence-electron chi connectivity index (χ2n) is 13.1. The lowest BCUT2D eigenvalue weighted by atomic mass is 9.95. The van der Waals surface area contributed by atoms with Gasteiger partial charge < -0.3 is 20.1 Å². The van der Waals surface area contributed by atoms with Crippen LogP contribution in [0.25, 0.3) is 32.1 Å². The number of nitrogen functional groups attached to an aromatic ring is 1. The Hall–Kier alpha value is -3.67. The van der Waals surface area contributed by atoms with Crippen molar-refractivity contribution in [2.24, 2.45) is 5.92 Å². The van der Waals surface area contributed by atoms with Crippen molar-refractivity contribution in [1.29, 1.82) is 5.26 Å². The Bertz CT molecular complexity index is 2000. The van der Waals surface area contributed by atoms with Crippen LogP contribution in [0, 0.1) is 28.9 Å². The maximum absolute atomic E-state index is 17.1. The van der Waals surface area contributed by atoms with Crippen molar-refractivity contribution in [3.05, 3.63) is 34.4 Å². The van der Waals surface area contributed by atoms with Gasteiger partial charge in [-0.25, -0.2) is 22.0 Å². The number of hydrogen-bond acceptors (Lipinski definition) is 9. The number of benzene rings is 2. The highest BCUT2D eigenvalue weighted by Crippen LogP contribution is 2.52. The molecule has 0 spiro atoms. The van der Waals surface area contributed by atoms with Gasteiger partial charge in [-0.2, -0.15) is 15.2 Å². The molecule has 2 aromatic heterocycles. The second-order valence-corrected chi connectivity index (χ2v) is 14.5. The maximum atomic E-state index is 17.1. The normalized spacial score (nSPS) is 23.9. The average Bonchev–Trinajstić information content (AvgIpc) is 3.67. The number of nitriles is 1. The van der Waals surface area contributed by atoms with Gasteiger partial charge in [0.05, 0.1) is 32.3 Å². The summed E-state index contributed by atoms with van der Waals surface area (Å²) in [6.45, 7) is 1.07. The van der Waals surface area contributed by atoms with Crippen LogP contribution in [0.2, 0.25) is 5.02 Å². The number of anilines is 2. The molecule has 5 heterocycles. The van der Waals surface area contributed by atoms with Crippen LogP contribution in [0.15, 0.2) is 12.1 Å². The summed E-state index contributed by atoms with van der Waals surface area (Å²) < 4.78 is 86.5. The van der Waals surface area contributed by atoms with Crippen molar-refractivity contribution >= 4 is 54.7 Å². The minimum Gasteiger partial charge on any atom is -0.489 e. The van der Waals surface area contributed by atoms with Gasteiger partial charge in [0, 0.05) is 36.9 Å². The third-order valence-electron chi connectivity index (χ3n) is 10.2. The van der Waals surface area contributed by atoms with E-state index >= 15 is 4.39 Å². The molecular formula is C33H30ClF5N6O2S. The number of thiophene rings is 1. The minimum absolute atomic E-state index is 0.0191. The number of aromatic nitrogens is 2. The molecule has 1 saturated carbocycles. The van der Waals surface area contributed by atoms with Crippen molar-refractivity contribution in [2.75, 3.05) is 43.5 Å². The average molecular weight is 705 g/mol. The first-order chi connectivity index (χ1) is 23.1. The maximum Gasteiger partial charge on any atom is 0.319 e. The van der Waals surface area contributed by atoms with E-state index in [-0.39, 0.29) is 103 Å². The quantitative estimate of drug-likeness (QED) is 0.189. The molecule has 4 aromatic rings. The van der Waals surface area contributed by atoms with Gasteiger partial charge in [0.25, 0.3) is 0 Å². The predicted octanol–water partition coefficient (Wildman–Crippen LogP) is 7.48. The lowest BCUT2D eigenvalue weighted by Crippen LogP contribution is -2.44. The number of nitrogens with zero attached hydrogens (tertiary/aromatic N) is 5. The Kier molecular flexibility index (Phi) is 7.72. The molecule has 2 N–H and O–H groups in total. The van der Waals surface area contributed by atoms with Gasteiger partial charge in [0.2, 0.25) is 6.43 Å². The zero-order valence-corrected chi connectivity index (χ0v) is 27.1. The molecule has 0 amide bonds. The van der Waals surface area contributed by atoms with Gasteiger partial charge in [0.15, 0.2) is 11.6 Å². The van der Waals surface area contributed by atoms with E-state index in [4.69, 9.17) is 31.8 Å². The fourth-order valence-corrected chi connectivity index (χ4v) is 9.11. The van der Waals surface area contributed by atoms with E-state index in [0.29, 0.717) is 6.54 Å². The van der Waals surface area contributed by atoms with E-state index < -0.39 is 36.2 Å². The van der Waals surface area contributed by atoms with Gasteiger partial charge in [-0.3, -0.25) is 4.90 Å². The molecule has 8 nitrogen and oxygen atoms in total. The van der Waals surface area contributed by atoms with E-state index in [2.05, 4.69) is 9.88 Å². The highest BCUT2D eigenvalue weighted by molar-refractivity contribution is 7.23. The number of halogens is 6. The second kappa shape index (κ2) is 11.7. The van der Waals surface area contributed by atoms with Crippen molar-refractivity contribution in [3.8, 4) is 29.0 Å². The number of fused-ring (bicyclic) bond motifs is 2. The van der Waals surface area contributed by atoms with Crippen LogP contribution in [-0.2, 0) is 0 Å². The summed E-state index contributed by atoms with van der Waals surface area (Å²) >= 11 is 7.86. The molecule has 3 atom stereocenters. The van der Waals surface area contributed by atoms with Crippen LogP contribution >= 0.6 is 22.9 Å². The molecule has 1 aliphatic carbocycles. The van der Waals surface area contributed by atoms with Crippen LogP contribution < -0.4 is 20.1 Å². The molecule has 48 heavy (non-hydrogen) atoms. The molecule has 8 rings (SSSR count). The van der Waals surface area contributed by atoms with E-state index in [1.807, 2.05) is 6.07 Å². The molecule has 0 unspecified atom stereocenters. The highest BCUT2D eigenvalue weighted by Gasteiger charge is 2.49. The number of rotatable bonds is 8. The topological polar surface area (TPSA) is 101 Å². The zero-order chi connectivity index (χ0) is 33.5. The van der Waals surface area contributed by atoms with Gasteiger partial charge in [-0.05, 0) is 49.8 Å². The monoisotopic (exact) mass is 704 g/mol. The summed E-state index contributed by atoms with van der Waals surface area (Å²) in [5, 5.41) is 10.0. The zero-order valence-electron chi connectivity index (χ0n) is 25.5. The third-order valence-corrected chi connectivity index (χ3v) is 11.6. The van der Waals surface area contributed by atoms with Crippen molar-refractivity contribution < 1.29 is 31.4 Å². The number of hydrogen-bond donors (Lipinski definition) is 1. The van der Waals surface area contributed by atoms with Crippen LogP contribution in [0.1, 0.15) is 44.1 Å². The molecule has 15 heteroatoms. The summed E-state index contributed by atoms with van der Waals surface area (Å²) in [6, 6.07) is 3.91. The van der Waals surface area contributed by atoms with Gasteiger partial charge >= 0.3 is 6.01 Å². The number of ether oxygens (including phenoxy) is 2. The first-order valence-electron chi connectivity index (χ1n) is 15.9. The lowest BCUT2D eigenvalue weighted by molar-refractivity contribution is 0.107. The first kappa shape index (κ1) is 31.6. The minimum atomic E-state index is -2.60. The third kappa shape index (κ3) is 4.99. The van der Waals surface area contributed by atoms with Crippen LogP contribution in [0.3, 0.4) is 0 Å². The molecule has 0 radical (unpaired) electrons. The Morgan fingerprint density at radius 2 is 2.04 bits per heavy atom. The molecule has 2 aromatic carbocycles. The SMILES string of the molecule is N#Cc1c(N)sc2c(F)ccc(-c3c(Cl)c4c5c(nc(OC[C@@]67CCCN6C[C@H](F)C7)nc5c3F)N(CCC(F)F)[C@@H](C3CC3)CO4)c12. The summed E-state index contributed by atoms with van der Waals surface area (Å²) in [5.41, 5.74) is 5.19. The Labute approximate surface area is 281 Å². The van der Waals surface area contributed by atoms with E-state index in [0.717, 1.165) is 49.6 Å². The first-order valence-corrected chi connectivity index (χ1v) is 17.1. The van der Waals surface area contributed by atoms with E-state index in [9.17, 15) is 22.8 Å². The molecule has 4 aliphatic rings. The molecule has 2 saturated heterocycles. The fourth-order valence-electron chi connectivity index (χ4n) is 7.83. The van der Waals surface area contributed by atoms with Gasteiger partial charge in [0.1, 0.15) is 47.6 Å². The Morgan fingerprint density at radius 3 is 2.79 bits per heavy atom. The summed E-state index contributed by atoms with van der Waals surface area (Å²) in [4.78, 5) is 13.0. The number of alkyl halides is 3. The van der Waals surface area contributed by atoms with Gasteiger partial charge in [-0.15, -0.1) is 11.3 Å². The van der Waals surface area contributed by atoms with Crippen molar-refractivity contribution in [2.45, 2.75) is 62.7 Å². The lowest BCUT2D eigenvalue weighted by Gasteiger charge is -2.32. The van der Waals surface area contributed by atoms with Crippen LogP contribution in [-0.4, -0.2) is 71.9 Å². The van der Waals surface area contributed by atoms with Crippen molar-refractivity contribution in [1.82, 2.24) is 14.9 Å². The van der Waals surface area contributed by atoms with Gasteiger partial charge in [-0.1, -0.05) is 17.7 Å². The summed E-state index contributed by atoms with van der Waals surface area (Å²) in [7, 11) is 0. The summed E-state index contributed by atoms with van der Waals surface area (Å²) in [6.07, 6.45) is -0.466. The molecule has 252 valence electrons. The molecule has 0 bridgehead atoms. The Balaban J connectivity index is 1.35. The van der Waals surface area contributed by atoms with E-state index in [1.54, 1.807) is 4.90 Å². The smallest absolute Gasteiger partial charge is 0.319 e. The van der Waals surface area contributed by atoms with Crippen LogP contribution in [0.4, 0.5) is 32.8 Å². The fraction of sp³-hybridized carbons (Fsp3) is 0.485. The predicted molar refractivity (Wildman–Crippen MR) is 173 cm³/mol. The van der Waals surface area contributed by atoms with Crippen molar-refractivity contribution in [3.63, 3.8) is 0 Å². The standard InChI is InChI=1S/C33H30ClF5N6O2S/c34-25-23(17-4-5-19(36)29-22(17)18(11-40)30(41)48-29)26(39)27-24-28(25)46-13-20(15-2-3-15)45(9-6-21(37)38)31(24)43-32(42-27)47-14-33-7-1-8-44(33)12-16(35)10-33/h4-5,15-16,20-21H,1-3,6-10,12-14,41H2/t16-,20-,33+/m1/s1. The molecular weight excluding hydrogens is 675 g/mol. The molecule has 3 aliphatic heterocycles.